The van der Waals surface area contributed by atoms with Gasteiger partial charge < -0.3 is 52.2 Å². The molecule has 1 aromatic carbocycles. The number of aromatic nitrogens is 1. The maximum Gasteiger partial charge on any atom is 0.325 e. The van der Waals surface area contributed by atoms with Crippen LogP contribution in [0.1, 0.15) is 38.2 Å². The number of nitrogens with two attached hydrogens (primary N) is 1. The number of aliphatic hydroxyl groups is 1. The summed E-state index contributed by atoms with van der Waals surface area (Å²) in [5.74, 6) is -6.41. The summed E-state index contributed by atoms with van der Waals surface area (Å²) in [6, 6.07) is 1.24. The van der Waals surface area contributed by atoms with Crippen molar-refractivity contribution in [2.24, 2.45) is 5.73 Å². The average molecular weight is 646 g/mol. The minimum absolute atomic E-state index is 0.107. The summed E-state index contributed by atoms with van der Waals surface area (Å²) in [6.07, 6.45) is 1.72. The Bertz CT molecular complexity index is 1460. The molecule has 46 heavy (non-hydrogen) atoms. The second-order valence-electron chi connectivity index (χ2n) is 10.9. The van der Waals surface area contributed by atoms with Crippen LogP contribution in [0.15, 0.2) is 30.5 Å². The van der Waals surface area contributed by atoms with Crippen LogP contribution in [0.25, 0.3) is 10.9 Å². The van der Waals surface area contributed by atoms with E-state index in [1.165, 1.54) is 11.8 Å². The molecule has 2 aromatic rings. The fourth-order valence-electron chi connectivity index (χ4n) is 5.04. The van der Waals surface area contributed by atoms with E-state index in [0.717, 1.165) is 16.5 Å². The van der Waals surface area contributed by atoms with Crippen molar-refractivity contribution in [2.75, 3.05) is 19.7 Å². The number of aliphatic hydroxyl groups excluding tert-OH is 1. The molecule has 0 unspecified atom stereocenters. The molecular formula is C29H39N7O10. The van der Waals surface area contributed by atoms with E-state index in [-0.39, 0.29) is 25.8 Å². The first-order valence-corrected chi connectivity index (χ1v) is 14.7. The van der Waals surface area contributed by atoms with Crippen molar-refractivity contribution < 1.29 is 48.9 Å². The smallest absolute Gasteiger partial charge is 0.325 e. The van der Waals surface area contributed by atoms with Crippen molar-refractivity contribution in [2.45, 2.75) is 69.2 Å². The molecule has 1 aliphatic heterocycles. The maximum absolute atomic E-state index is 13.6. The number of carbonyl (C=O) groups excluding carboxylic acids is 5. The van der Waals surface area contributed by atoms with Gasteiger partial charge in [0.05, 0.1) is 19.2 Å². The number of carbonyl (C=O) groups is 7. The number of amides is 5. The van der Waals surface area contributed by atoms with Crippen molar-refractivity contribution in [3.8, 4) is 0 Å². The fraction of sp³-hybridized carbons (Fsp3) is 0.483. The Kier molecular flexibility index (Phi) is 12.6. The zero-order valence-corrected chi connectivity index (χ0v) is 25.2. The molecule has 0 radical (unpaired) electrons. The third kappa shape index (κ3) is 9.48. The van der Waals surface area contributed by atoms with Gasteiger partial charge in [-0.05, 0) is 44.2 Å². The van der Waals surface area contributed by atoms with Gasteiger partial charge >= 0.3 is 11.9 Å². The minimum atomic E-state index is -1.50. The molecule has 250 valence electrons. The van der Waals surface area contributed by atoms with Gasteiger partial charge in [0.25, 0.3) is 0 Å². The monoisotopic (exact) mass is 645 g/mol. The minimum Gasteiger partial charge on any atom is -0.481 e. The molecule has 3 rings (SSSR count). The van der Waals surface area contributed by atoms with Crippen LogP contribution in [0, 0.1) is 0 Å². The molecule has 17 heteroatoms. The summed E-state index contributed by atoms with van der Waals surface area (Å²) in [6.45, 7) is -0.137. The first-order chi connectivity index (χ1) is 21.8. The molecule has 17 nitrogen and oxygen atoms in total. The standard InChI is InChI=1S/C29H39N7O10/c1-15(29(45)46)33-23(38)13-32-26(42)21(14-37)35-27(43)22-7-4-10-36(22)28(44)20(8-9-24(39)40)34-25(41)18(30)11-16-12-31-19-6-3-2-5-17(16)19/h2-3,5-6,12,15,18,20-22,31,37H,4,7-11,13-14,30H2,1H3,(H,32,42)(H,33,38)(H,34,41)(H,35,43)(H,39,40)(H,45,46)/t15-,18-,20-,21-,22-/m0/s1. The molecule has 2 heterocycles. The molecule has 0 saturated carbocycles. The lowest BCUT2D eigenvalue weighted by atomic mass is 10.0. The number of carboxylic acid groups (broad SMARTS) is 2. The number of para-hydroxylation sites is 1. The number of aromatic amines is 1. The van der Waals surface area contributed by atoms with E-state index in [0.29, 0.717) is 6.42 Å². The largest absolute Gasteiger partial charge is 0.481 e. The highest BCUT2D eigenvalue weighted by atomic mass is 16.4. The lowest BCUT2D eigenvalue weighted by Crippen LogP contribution is -2.58. The van der Waals surface area contributed by atoms with Crippen LogP contribution in [-0.4, -0.2) is 117 Å². The molecule has 1 saturated heterocycles. The van der Waals surface area contributed by atoms with Gasteiger partial charge in [-0.2, -0.15) is 0 Å². The number of H-pyrrole nitrogens is 1. The topological polar surface area (TPSA) is 273 Å². The number of likely N-dealkylation sites (tertiary alicyclic amines) is 1. The van der Waals surface area contributed by atoms with Crippen LogP contribution in [0.3, 0.4) is 0 Å². The number of rotatable bonds is 16. The van der Waals surface area contributed by atoms with Crippen LogP contribution in [0.2, 0.25) is 0 Å². The Morgan fingerprint density at radius 2 is 1.74 bits per heavy atom. The zero-order chi connectivity index (χ0) is 34.0. The van der Waals surface area contributed by atoms with E-state index in [1.807, 2.05) is 24.3 Å². The summed E-state index contributed by atoms with van der Waals surface area (Å²) < 4.78 is 0. The third-order valence-electron chi connectivity index (χ3n) is 7.54. The molecule has 5 atom stereocenters. The Balaban J connectivity index is 1.64. The Morgan fingerprint density at radius 3 is 2.41 bits per heavy atom. The van der Waals surface area contributed by atoms with Crippen LogP contribution < -0.4 is 27.0 Å². The summed E-state index contributed by atoms with van der Waals surface area (Å²) in [4.78, 5) is 90.7. The summed E-state index contributed by atoms with van der Waals surface area (Å²) in [5, 5.41) is 37.9. The molecular weight excluding hydrogens is 606 g/mol. The van der Waals surface area contributed by atoms with E-state index in [9.17, 15) is 43.8 Å². The van der Waals surface area contributed by atoms with Gasteiger partial charge in [-0.3, -0.25) is 33.6 Å². The number of carboxylic acids is 2. The van der Waals surface area contributed by atoms with E-state index in [2.05, 4.69) is 26.3 Å². The maximum atomic E-state index is 13.6. The highest BCUT2D eigenvalue weighted by Crippen LogP contribution is 2.21. The SMILES string of the molecule is C[C@H](NC(=O)CNC(=O)[C@H](CO)NC(=O)[C@@H]1CCCN1C(=O)[C@H](CCC(=O)O)NC(=O)[C@@H](N)Cc1c[nH]c2ccccc12)C(=O)O. The lowest BCUT2D eigenvalue weighted by molar-refractivity contribution is -0.143. The Hall–Kier alpha value is -5.03. The van der Waals surface area contributed by atoms with Gasteiger partial charge in [0.1, 0.15) is 24.2 Å². The number of nitrogens with one attached hydrogen (secondary N) is 5. The van der Waals surface area contributed by atoms with Gasteiger partial charge in [-0.15, -0.1) is 0 Å². The quantitative estimate of drug-likeness (QED) is 0.0925. The van der Waals surface area contributed by atoms with Gasteiger partial charge in [-0.1, -0.05) is 18.2 Å². The van der Waals surface area contributed by atoms with Gasteiger partial charge in [0, 0.05) is 30.1 Å². The van der Waals surface area contributed by atoms with Crippen molar-refractivity contribution in [3.63, 3.8) is 0 Å². The van der Waals surface area contributed by atoms with Crippen LogP contribution in [0.4, 0.5) is 0 Å². The number of benzene rings is 1. The highest BCUT2D eigenvalue weighted by Gasteiger charge is 2.39. The summed E-state index contributed by atoms with van der Waals surface area (Å²) in [5.41, 5.74) is 7.80. The number of hydrogen-bond donors (Lipinski definition) is 9. The highest BCUT2D eigenvalue weighted by molar-refractivity contribution is 5.96. The van der Waals surface area contributed by atoms with Crippen molar-refractivity contribution in [3.05, 3.63) is 36.0 Å². The molecule has 1 fully saturated rings. The molecule has 1 aromatic heterocycles. The number of fused-ring (bicyclic) bond motifs is 1. The van der Waals surface area contributed by atoms with Crippen LogP contribution in [-0.2, 0) is 40.0 Å². The Labute approximate surface area is 263 Å². The molecule has 0 bridgehead atoms. The van der Waals surface area contributed by atoms with E-state index in [1.54, 1.807) is 6.20 Å². The molecule has 10 N–H and O–H groups in total. The summed E-state index contributed by atoms with van der Waals surface area (Å²) in [7, 11) is 0. The lowest BCUT2D eigenvalue weighted by Gasteiger charge is -2.30. The van der Waals surface area contributed by atoms with Gasteiger partial charge in [0.15, 0.2) is 0 Å². The van der Waals surface area contributed by atoms with Gasteiger partial charge in [-0.25, -0.2) is 0 Å². The molecule has 0 spiro atoms. The molecule has 1 aliphatic rings. The average Bonchev–Trinajstić information content (AvgIpc) is 3.68. The molecule has 0 aliphatic carbocycles. The predicted octanol–water partition coefficient (Wildman–Crippen LogP) is -2.44. The predicted molar refractivity (Wildman–Crippen MR) is 161 cm³/mol. The van der Waals surface area contributed by atoms with E-state index < -0.39 is 91.3 Å². The van der Waals surface area contributed by atoms with Crippen molar-refractivity contribution >= 4 is 52.4 Å². The first-order valence-electron chi connectivity index (χ1n) is 14.7. The zero-order valence-electron chi connectivity index (χ0n) is 25.2. The number of hydrogen-bond acceptors (Lipinski definition) is 9. The van der Waals surface area contributed by atoms with Crippen LogP contribution in [0.5, 0.6) is 0 Å². The van der Waals surface area contributed by atoms with Crippen molar-refractivity contribution in [1.29, 1.82) is 0 Å². The van der Waals surface area contributed by atoms with Crippen LogP contribution >= 0.6 is 0 Å². The van der Waals surface area contributed by atoms with Gasteiger partial charge in [0.2, 0.25) is 29.5 Å². The fourth-order valence-corrected chi connectivity index (χ4v) is 5.04. The molecule has 5 amide bonds. The third-order valence-corrected chi connectivity index (χ3v) is 7.54. The number of aliphatic carboxylic acids is 2. The van der Waals surface area contributed by atoms with E-state index in [4.69, 9.17) is 10.8 Å². The number of nitrogens with zero attached hydrogens (tertiary/aromatic N) is 1. The normalized spacial score (nSPS) is 16.9. The second-order valence-corrected chi connectivity index (χ2v) is 10.9. The first kappa shape index (κ1) is 35.4. The second kappa shape index (κ2) is 16.3. The summed E-state index contributed by atoms with van der Waals surface area (Å²) >= 11 is 0. The Morgan fingerprint density at radius 1 is 1.02 bits per heavy atom. The van der Waals surface area contributed by atoms with Crippen molar-refractivity contribution in [1.82, 2.24) is 31.2 Å². The van der Waals surface area contributed by atoms with E-state index >= 15 is 0 Å².